The second-order valence-corrected chi connectivity index (χ2v) is 3.97. The smallest absolute Gasteiger partial charge is 0.0897 e. The summed E-state index contributed by atoms with van der Waals surface area (Å²) in [5, 5.41) is 0. The van der Waals surface area contributed by atoms with E-state index in [1.54, 1.807) is 0 Å². The molecule has 2 nitrogen and oxygen atoms in total. The van der Waals surface area contributed by atoms with Crippen molar-refractivity contribution in [2.75, 3.05) is 13.1 Å². The van der Waals surface area contributed by atoms with Crippen LogP contribution in [0.1, 0.15) is 34.6 Å². The van der Waals surface area contributed by atoms with Gasteiger partial charge >= 0.3 is 0 Å². The van der Waals surface area contributed by atoms with Crippen LogP contribution in [0.3, 0.4) is 0 Å². The normalized spacial score (nSPS) is 11.7. The average Bonchev–Trinajstić information content (AvgIpc) is 2.25. The highest BCUT2D eigenvalue weighted by Crippen LogP contribution is 2.11. The quantitative estimate of drug-likeness (QED) is 0.288. The van der Waals surface area contributed by atoms with E-state index in [-0.39, 0.29) is 0 Å². The minimum absolute atomic E-state index is 0.804. The molecule has 0 radical (unpaired) electrons. The van der Waals surface area contributed by atoms with Crippen LogP contribution in [0.5, 0.6) is 0 Å². The van der Waals surface area contributed by atoms with Gasteiger partial charge < -0.3 is 4.90 Å². The number of rotatable bonds is 6. The van der Waals surface area contributed by atoms with Crippen molar-refractivity contribution in [2.45, 2.75) is 34.6 Å². The standard InChI is InChI=1S/C14H24N2/c1-7-13(6)10-16(11-15-9-3)14(8-2)12(4)5/h7-8,11H,2,9-10H2,1,3-6H3/b13-7+,15-11-. The number of aliphatic imine (C=N–C) groups is 1. The van der Waals surface area contributed by atoms with Gasteiger partial charge in [-0.2, -0.15) is 0 Å². The van der Waals surface area contributed by atoms with Gasteiger partial charge in [-0.05, 0) is 40.7 Å². The van der Waals surface area contributed by atoms with Crippen LogP contribution >= 0.6 is 0 Å². The maximum Gasteiger partial charge on any atom is 0.0897 e. The van der Waals surface area contributed by atoms with E-state index in [1.165, 1.54) is 11.1 Å². The third-order valence-electron chi connectivity index (χ3n) is 2.33. The molecule has 2 heteroatoms. The van der Waals surface area contributed by atoms with Gasteiger partial charge in [-0.1, -0.05) is 23.8 Å². The Balaban J connectivity index is 5.00. The van der Waals surface area contributed by atoms with Gasteiger partial charge in [0.1, 0.15) is 0 Å². The first-order valence-corrected chi connectivity index (χ1v) is 5.75. The molecule has 0 aromatic heterocycles. The molecule has 0 aromatic carbocycles. The van der Waals surface area contributed by atoms with Gasteiger partial charge in [-0.3, -0.25) is 4.99 Å². The highest BCUT2D eigenvalue weighted by molar-refractivity contribution is 5.60. The second-order valence-electron chi connectivity index (χ2n) is 3.97. The predicted octanol–water partition coefficient (Wildman–Crippen LogP) is 3.78. The molecule has 0 unspecified atom stereocenters. The Morgan fingerprint density at radius 2 is 1.94 bits per heavy atom. The highest BCUT2D eigenvalue weighted by Gasteiger charge is 2.05. The minimum atomic E-state index is 0.804. The Kier molecular flexibility index (Phi) is 7.27. The topological polar surface area (TPSA) is 15.6 Å². The minimum Gasteiger partial charge on any atom is -0.329 e. The van der Waals surface area contributed by atoms with Crippen LogP contribution in [0.25, 0.3) is 0 Å². The van der Waals surface area contributed by atoms with Gasteiger partial charge in [0.25, 0.3) is 0 Å². The Bertz CT molecular complexity index is 305. The number of nitrogens with zero attached hydrogens (tertiary/aromatic N) is 2. The summed E-state index contributed by atoms with van der Waals surface area (Å²) < 4.78 is 0. The van der Waals surface area contributed by atoms with E-state index in [0.29, 0.717) is 0 Å². The van der Waals surface area contributed by atoms with E-state index in [4.69, 9.17) is 0 Å². The van der Waals surface area contributed by atoms with Crippen LogP contribution in [-0.4, -0.2) is 24.3 Å². The first kappa shape index (κ1) is 14.7. The molecule has 0 bridgehead atoms. The molecule has 0 heterocycles. The van der Waals surface area contributed by atoms with E-state index < -0.39 is 0 Å². The van der Waals surface area contributed by atoms with Crippen molar-refractivity contribution in [3.8, 4) is 0 Å². The Hall–Kier alpha value is -1.31. The summed E-state index contributed by atoms with van der Waals surface area (Å²) in [5.41, 5.74) is 3.71. The maximum atomic E-state index is 4.30. The summed E-state index contributed by atoms with van der Waals surface area (Å²) in [6.07, 6.45) is 5.91. The van der Waals surface area contributed by atoms with Crippen molar-refractivity contribution in [1.29, 1.82) is 0 Å². The monoisotopic (exact) mass is 220 g/mol. The largest absolute Gasteiger partial charge is 0.329 e. The van der Waals surface area contributed by atoms with Crippen molar-refractivity contribution in [3.63, 3.8) is 0 Å². The molecular weight excluding hydrogens is 196 g/mol. The zero-order valence-electron chi connectivity index (χ0n) is 11.2. The molecule has 16 heavy (non-hydrogen) atoms. The molecule has 0 saturated carbocycles. The van der Waals surface area contributed by atoms with Gasteiger partial charge in [-0.25, -0.2) is 0 Å². The van der Waals surface area contributed by atoms with E-state index in [2.05, 4.69) is 50.2 Å². The third kappa shape index (κ3) is 4.96. The molecule has 0 aliphatic heterocycles. The van der Waals surface area contributed by atoms with Gasteiger partial charge in [0, 0.05) is 18.8 Å². The zero-order chi connectivity index (χ0) is 12.6. The Morgan fingerprint density at radius 1 is 1.31 bits per heavy atom. The first-order valence-electron chi connectivity index (χ1n) is 5.75. The lowest BCUT2D eigenvalue weighted by molar-refractivity contribution is 0.578. The molecule has 0 rings (SSSR count). The Morgan fingerprint density at radius 3 is 2.31 bits per heavy atom. The lowest BCUT2D eigenvalue weighted by Crippen LogP contribution is -2.23. The molecule has 0 aliphatic rings. The van der Waals surface area contributed by atoms with Crippen molar-refractivity contribution in [2.24, 2.45) is 4.99 Å². The fourth-order valence-corrected chi connectivity index (χ4v) is 1.34. The van der Waals surface area contributed by atoms with Gasteiger partial charge in [0.15, 0.2) is 0 Å². The van der Waals surface area contributed by atoms with Crippen LogP contribution in [0.4, 0.5) is 0 Å². The van der Waals surface area contributed by atoms with Crippen molar-refractivity contribution in [1.82, 2.24) is 4.90 Å². The van der Waals surface area contributed by atoms with Crippen LogP contribution < -0.4 is 0 Å². The number of hydrogen-bond acceptors (Lipinski definition) is 1. The molecule has 0 amide bonds. The second kappa shape index (κ2) is 7.91. The predicted molar refractivity (Wildman–Crippen MR) is 73.7 cm³/mol. The summed E-state index contributed by atoms with van der Waals surface area (Å²) in [6, 6.07) is 0. The van der Waals surface area contributed by atoms with E-state index in [1.807, 2.05) is 19.3 Å². The zero-order valence-corrected chi connectivity index (χ0v) is 11.2. The molecule has 0 atom stereocenters. The van der Waals surface area contributed by atoms with Gasteiger partial charge in [0.05, 0.1) is 6.34 Å². The van der Waals surface area contributed by atoms with Crippen molar-refractivity contribution >= 4 is 6.34 Å². The SMILES string of the molecule is C=CC(=C(C)C)N(/C=N\CC)C/C(C)=C/C. The Labute approximate surface area is 100 Å². The maximum absolute atomic E-state index is 4.30. The van der Waals surface area contributed by atoms with Crippen molar-refractivity contribution in [3.05, 3.63) is 35.6 Å². The number of allylic oxidation sites excluding steroid dienone is 3. The molecule has 0 aromatic rings. The molecule has 90 valence electrons. The average molecular weight is 220 g/mol. The summed E-state index contributed by atoms with van der Waals surface area (Å²) >= 11 is 0. The van der Waals surface area contributed by atoms with Crippen LogP contribution in [0.15, 0.2) is 40.6 Å². The molecular formula is C14H24N2. The van der Waals surface area contributed by atoms with E-state index in [0.717, 1.165) is 18.8 Å². The lowest BCUT2D eigenvalue weighted by atomic mass is 10.2. The molecule has 0 saturated heterocycles. The first-order chi connectivity index (χ1) is 7.56. The fourth-order valence-electron chi connectivity index (χ4n) is 1.34. The molecule has 0 aliphatic carbocycles. The summed E-state index contributed by atoms with van der Waals surface area (Å²) in [4.78, 5) is 6.44. The highest BCUT2D eigenvalue weighted by atomic mass is 15.2. The number of hydrogen-bond donors (Lipinski definition) is 0. The van der Waals surface area contributed by atoms with Crippen LogP contribution in [0, 0.1) is 0 Å². The van der Waals surface area contributed by atoms with Crippen molar-refractivity contribution < 1.29 is 0 Å². The summed E-state index contributed by atoms with van der Waals surface area (Å²) in [5.74, 6) is 0. The summed E-state index contributed by atoms with van der Waals surface area (Å²) in [6.45, 7) is 15.9. The van der Waals surface area contributed by atoms with E-state index in [9.17, 15) is 0 Å². The van der Waals surface area contributed by atoms with Crippen LogP contribution in [0.2, 0.25) is 0 Å². The summed E-state index contributed by atoms with van der Waals surface area (Å²) in [7, 11) is 0. The van der Waals surface area contributed by atoms with Gasteiger partial charge in [-0.15, -0.1) is 0 Å². The third-order valence-corrected chi connectivity index (χ3v) is 2.33. The fraction of sp³-hybridized carbons (Fsp3) is 0.500. The van der Waals surface area contributed by atoms with Crippen LogP contribution in [-0.2, 0) is 0 Å². The lowest BCUT2D eigenvalue weighted by Gasteiger charge is -2.22. The molecule has 0 fully saturated rings. The molecule has 0 spiro atoms. The van der Waals surface area contributed by atoms with Gasteiger partial charge in [0.2, 0.25) is 0 Å². The van der Waals surface area contributed by atoms with E-state index >= 15 is 0 Å². The molecule has 0 N–H and O–H groups in total.